The molecule has 0 heterocycles. The third-order valence-corrected chi connectivity index (χ3v) is 4.02. The van der Waals surface area contributed by atoms with E-state index in [4.69, 9.17) is 9.47 Å². The maximum absolute atomic E-state index is 12.4. The quantitative estimate of drug-likeness (QED) is 0.523. The molecule has 0 aliphatic rings. The summed E-state index contributed by atoms with van der Waals surface area (Å²) < 4.78 is 11.6. The van der Waals surface area contributed by atoms with E-state index < -0.39 is 0 Å². The standard InChI is InChI=1S/C20H20BrNO4/c1-4-26-19-11-14(10-17(21)20(19)25-3)8-9-18(24)15-6-5-7-16(12-15)22-13(2)23/h5-12H,4H2,1-3H3,(H,22,23)/b9-8+. The number of methoxy groups -OCH3 is 1. The van der Waals surface area contributed by atoms with Gasteiger partial charge in [-0.15, -0.1) is 0 Å². The van der Waals surface area contributed by atoms with E-state index in [1.165, 1.54) is 13.0 Å². The molecule has 0 radical (unpaired) electrons. The number of halogens is 1. The fourth-order valence-corrected chi connectivity index (χ4v) is 2.99. The Balaban J connectivity index is 2.24. The van der Waals surface area contributed by atoms with E-state index in [0.29, 0.717) is 29.4 Å². The highest BCUT2D eigenvalue weighted by molar-refractivity contribution is 9.10. The van der Waals surface area contributed by atoms with Gasteiger partial charge < -0.3 is 14.8 Å². The van der Waals surface area contributed by atoms with Crippen molar-refractivity contribution in [2.75, 3.05) is 19.0 Å². The van der Waals surface area contributed by atoms with E-state index in [0.717, 1.165) is 10.0 Å². The average Bonchev–Trinajstić information content (AvgIpc) is 2.59. The van der Waals surface area contributed by atoms with Gasteiger partial charge in [-0.2, -0.15) is 0 Å². The molecule has 0 atom stereocenters. The summed E-state index contributed by atoms with van der Waals surface area (Å²) in [7, 11) is 1.57. The molecule has 26 heavy (non-hydrogen) atoms. The number of hydrogen-bond acceptors (Lipinski definition) is 4. The van der Waals surface area contributed by atoms with E-state index in [1.54, 1.807) is 37.5 Å². The molecule has 2 aromatic carbocycles. The van der Waals surface area contributed by atoms with Crippen LogP contribution >= 0.6 is 15.9 Å². The van der Waals surface area contributed by atoms with E-state index in [1.807, 2.05) is 19.1 Å². The number of benzene rings is 2. The molecule has 136 valence electrons. The number of ether oxygens (including phenoxy) is 2. The number of carbonyl (C=O) groups excluding carboxylic acids is 2. The zero-order chi connectivity index (χ0) is 19.1. The lowest BCUT2D eigenvalue weighted by Gasteiger charge is -2.12. The van der Waals surface area contributed by atoms with E-state index >= 15 is 0 Å². The second-order valence-corrected chi connectivity index (χ2v) is 6.28. The molecule has 0 aliphatic heterocycles. The van der Waals surface area contributed by atoms with E-state index in [-0.39, 0.29) is 11.7 Å². The lowest BCUT2D eigenvalue weighted by molar-refractivity contribution is -0.114. The average molecular weight is 418 g/mol. The van der Waals surface area contributed by atoms with Crippen molar-refractivity contribution in [1.82, 2.24) is 0 Å². The second-order valence-electron chi connectivity index (χ2n) is 5.43. The summed E-state index contributed by atoms with van der Waals surface area (Å²) in [5.74, 6) is 0.862. The SMILES string of the molecule is CCOc1cc(/C=C/C(=O)c2cccc(NC(C)=O)c2)cc(Br)c1OC. The van der Waals surface area contributed by atoms with Gasteiger partial charge >= 0.3 is 0 Å². The molecule has 0 aromatic heterocycles. The fourth-order valence-electron chi connectivity index (χ4n) is 2.37. The van der Waals surface area contributed by atoms with Gasteiger partial charge in [-0.25, -0.2) is 0 Å². The Hall–Kier alpha value is -2.60. The summed E-state index contributed by atoms with van der Waals surface area (Å²) in [5, 5.41) is 2.66. The minimum atomic E-state index is -0.184. The predicted octanol–water partition coefficient (Wildman–Crippen LogP) is 4.71. The van der Waals surface area contributed by atoms with Crippen LogP contribution in [0.4, 0.5) is 5.69 Å². The Morgan fingerprint density at radius 1 is 1.23 bits per heavy atom. The van der Waals surface area contributed by atoms with Gasteiger partial charge in [-0.1, -0.05) is 18.2 Å². The van der Waals surface area contributed by atoms with Crippen LogP contribution in [0.25, 0.3) is 6.08 Å². The van der Waals surface area contributed by atoms with Crippen LogP contribution in [0.3, 0.4) is 0 Å². The van der Waals surface area contributed by atoms with Crippen LogP contribution in [0.2, 0.25) is 0 Å². The zero-order valence-corrected chi connectivity index (χ0v) is 16.4. The lowest BCUT2D eigenvalue weighted by Crippen LogP contribution is -2.06. The van der Waals surface area contributed by atoms with Crippen molar-refractivity contribution in [2.24, 2.45) is 0 Å². The van der Waals surface area contributed by atoms with Crippen LogP contribution in [0.5, 0.6) is 11.5 Å². The lowest BCUT2D eigenvalue weighted by atomic mass is 10.1. The minimum absolute atomic E-state index is 0.165. The molecular weight excluding hydrogens is 398 g/mol. The first-order valence-corrected chi connectivity index (χ1v) is 8.84. The summed E-state index contributed by atoms with van der Waals surface area (Å²) in [6.45, 7) is 3.82. The summed E-state index contributed by atoms with van der Waals surface area (Å²) in [4.78, 5) is 23.5. The monoisotopic (exact) mass is 417 g/mol. The topological polar surface area (TPSA) is 64.6 Å². The molecule has 2 rings (SSSR count). The molecule has 0 fully saturated rings. The third-order valence-electron chi connectivity index (χ3n) is 3.43. The number of allylic oxidation sites excluding steroid dienone is 1. The van der Waals surface area contributed by atoms with Gasteiger partial charge in [-0.3, -0.25) is 9.59 Å². The van der Waals surface area contributed by atoms with Gasteiger partial charge in [0.2, 0.25) is 5.91 Å². The van der Waals surface area contributed by atoms with Crippen LogP contribution in [0.15, 0.2) is 46.9 Å². The smallest absolute Gasteiger partial charge is 0.221 e. The van der Waals surface area contributed by atoms with Crippen LogP contribution in [0, 0.1) is 0 Å². The summed E-state index contributed by atoms with van der Waals surface area (Å²) in [6.07, 6.45) is 3.19. The summed E-state index contributed by atoms with van der Waals surface area (Å²) in [5.41, 5.74) is 1.88. The first kappa shape index (κ1) is 19.7. The van der Waals surface area contributed by atoms with Crippen LogP contribution in [0.1, 0.15) is 29.8 Å². The maximum atomic E-state index is 12.4. The number of amides is 1. The molecule has 0 saturated heterocycles. The van der Waals surface area contributed by atoms with Gasteiger partial charge in [0.05, 0.1) is 18.2 Å². The number of rotatable bonds is 7. The zero-order valence-electron chi connectivity index (χ0n) is 14.8. The minimum Gasteiger partial charge on any atom is -0.492 e. The first-order valence-electron chi connectivity index (χ1n) is 8.05. The van der Waals surface area contributed by atoms with Crippen LogP contribution in [-0.2, 0) is 4.79 Å². The van der Waals surface area contributed by atoms with Crippen molar-refractivity contribution in [1.29, 1.82) is 0 Å². The van der Waals surface area contributed by atoms with Crippen molar-refractivity contribution in [3.05, 3.63) is 58.1 Å². The van der Waals surface area contributed by atoms with Gasteiger partial charge in [-0.05, 0) is 58.8 Å². The molecule has 0 aliphatic carbocycles. The van der Waals surface area contributed by atoms with Crippen molar-refractivity contribution < 1.29 is 19.1 Å². The van der Waals surface area contributed by atoms with Gasteiger partial charge in [0.1, 0.15) is 0 Å². The van der Waals surface area contributed by atoms with Crippen LogP contribution in [-0.4, -0.2) is 25.4 Å². The Morgan fingerprint density at radius 2 is 2.00 bits per heavy atom. The molecule has 0 saturated carbocycles. The van der Waals surface area contributed by atoms with E-state index in [9.17, 15) is 9.59 Å². The number of nitrogens with one attached hydrogen (secondary N) is 1. The maximum Gasteiger partial charge on any atom is 0.221 e. The van der Waals surface area contributed by atoms with Crippen molar-refractivity contribution in [2.45, 2.75) is 13.8 Å². The molecule has 0 unspecified atom stereocenters. The largest absolute Gasteiger partial charge is 0.492 e. The van der Waals surface area contributed by atoms with E-state index in [2.05, 4.69) is 21.2 Å². The van der Waals surface area contributed by atoms with Gasteiger partial charge in [0, 0.05) is 18.2 Å². The molecule has 5 nitrogen and oxygen atoms in total. The molecule has 1 N–H and O–H groups in total. The molecule has 6 heteroatoms. The number of ketones is 1. The Morgan fingerprint density at radius 3 is 2.65 bits per heavy atom. The van der Waals surface area contributed by atoms with Crippen molar-refractivity contribution in [3.63, 3.8) is 0 Å². The first-order chi connectivity index (χ1) is 12.4. The normalized spacial score (nSPS) is 10.6. The molecule has 2 aromatic rings. The number of anilines is 1. The fraction of sp³-hybridized carbons (Fsp3) is 0.200. The molecular formula is C20H20BrNO4. The number of carbonyl (C=O) groups is 2. The Labute approximate surface area is 161 Å². The predicted molar refractivity (Wildman–Crippen MR) is 106 cm³/mol. The third kappa shape index (κ3) is 5.20. The van der Waals surface area contributed by atoms with Crippen molar-refractivity contribution >= 4 is 39.4 Å². The second kappa shape index (κ2) is 9.20. The van der Waals surface area contributed by atoms with Crippen LogP contribution < -0.4 is 14.8 Å². The molecule has 1 amide bonds. The van der Waals surface area contributed by atoms with Gasteiger partial charge in [0.15, 0.2) is 17.3 Å². The highest BCUT2D eigenvalue weighted by Gasteiger charge is 2.10. The Kier molecular flexibility index (Phi) is 6.97. The van der Waals surface area contributed by atoms with Gasteiger partial charge in [0.25, 0.3) is 0 Å². The van der Waals surface area contributed by atoms with Crippen molar-refractivity contribution in [3.8, 4) is 11.5 Å². The molecule has 0 bridgehead atoms. The summed E-state index contributed by atoms with van der Waals surface area (Å²) >= 11 is 3.45. The number of hydrogen-bond donors (Lipinski definition) is 1. The summed E-state index contributed by atoms with van der Waals surface area (Å²) in [6, 6.07) is 10.5. The highest BCUT2D eigenvalue weighted by Crippen LogP contribution is 2.36. The molecule has 0 spiro atoms. The Bertz CT molecular complexity index is 846. The highest BCUT2D eigenvalue weighted by atomic mass is 79.9.